The molecule has 0 aliphatic carbocycles. The van der Waals surface area contributed by atoms with Gasteiger partial charge in [0.1, 0.15) is 11.4 Å². The zero-order valence-corrected chi connectivity index (χ0v) is 19.4. The molecule has 1 saturated heterocycles. The number of amides is 2. The Bertz CT molecular complexity index is 1070. The van der Waals surface area contributed by atoms with Crippen molar-refractivity contribution >= 4 is 22.7 Å². The van der Waals surface area contributed by atoms with Crippen LogP contribution in [0.15, 0.2) is 48.8 Å². The van der Waals surface area contributed by atoms with Gasteiger partial charge in [-0.2, -0.15) is 0 Å². The molecule has 2 N–H and O–H groups in total. The molecule has 0 atom stereocenters. The number of halogens is 3. The highest BCUT2D eigenvalue weighted by Gasteiger charge is 2.25. The Morgan fingerprint density at radius 2 is 1.91 bits per heavy atom. The number of H-pyrrole nitrogens is 1. The average Bonchev–Trinajstić information content (AvgIpc) is 3.29. The Labute approximate surface area is 201 Å². The molecule has 4 rings (SSSR count). The number of aromatic nitrogens is 2. The smallest absolute Gasteiger partial charge is 0.267 e. The minimum absolute atomic E-state index is 0. The first-order chi connectivity index (χ1) is 16.2. The predicted octanol–water partition coefficient (Wildman–Crippen LogP) is 4.63. The molecule has 0 spiro atoms. The van der Waals surface area contributed by atoms with Crippen molar-refractivity contribution < 1.29 is 28.1 Å². The second-order valence-corrected chi connectivity index (χ2v) is 8.38. The number of carbonyl (C=O) groups is 2. The SMILES string of the molecule is F.F.O=C(NCCCCC1CCN(C(=O)c2ccccc2OCF)CC1)c1cc2cnccc2[nH]1. The van der Waals surface area contributed by atoms with E-state index >= 15 is 0 Å². The van der Waals surface area contributed by atoms with E-state index in [1.165, 1.54) is 0 Å². The highest BCUT2D eigenvalue weighted by atomic mass is 19.1. The number of hydrogen-bond acceptors (Lipinski definition) is 4. The molecule has 0 bridgehead atoms. The number of piperidine rings is 1. The molecule has 0 saturated carbocycles. The zero-order valence-electron chi connectivity index (χ0n) is 19.4. The van der Waals surface area contributed by atoms with Gasteiger partial charge in [-0.25, -0.2) is 4.39 Å². The molecule has 1 fully saturated rings. The number of hydrogen-bond donors (Lipinski definition) is 2. The highest BCUT2D eigenvalue weighted by molar-refractivity contribution is 5.98. The Morgan fingerprint density at radius 1 is 1.14 bits per heavy atom. The Balaban J connectivity index is 0.00000216. The van der Waals surface area contributed by atoms with Crippen LogP contribution in [0.5, 0.6) is 5.75 Å². The minimum Gasteiger partial charge on any atom is -0.462 e. The van der Waals surface area contributed by atoms with Crippen LogP contribution in [0, 0.1) is 5.92 Å². The monoisotopic (exact) mass is 492 g/mol. The first-order valence-corrected chi connectivity index (χ1v) is 11.4. The van der Waals surface area contributed by atoms with E-state index in [1.807, 2.05) is 17.0 Å². The van der Waals surface area contributed by atoms with Gasteiger partial charge in [-0.3, -0.25) is 24.0 Å². The number of fused-ring (bicyclic) bond motifs is 1. The summed E-state index contributed by atoms with van der Waals surface area (Å²) in [6, 6.07) is 10.5. The van der Waals surface area contributed by atoms with Gasteiger partial charge in [-0.05, 0) is 49.4 Å². The van der Waals surface area contributed by atoms with Crippen LogP contribution in [0.4, 0.5) is 13.8 Å². The number of alkyl halides is 1. The third-order valence-electron chi connectivity index (χ3n) is 6.22. The molecule has 3 heterocycles. The lowest BCUT2D eigenvalue weighted by molar-refractivity contribution is 0.0678. The largest absolute Gasteiger partial charge is 0.462 e. The Hall–Kier alpha value is -3.56. The second-order valence-electron chi connectivity index (χ2n) is 8.38. The van der Waals surface area contributed by atoms with E-state index in [1.54, 1.807) is 36.7 Å². The second kappa shape index (κ2) is 13.4. The molecule has 1 aromatic carbocycles. The van der Waals surface area contributed by atoms with Gasteiger partial charge in [0.05, 0.1) is 5.56 Å². The molecular weight excluding hydrogens is 461 g/mol. The van der Waals surface area contributed by atoms with Crippen molar-refractivity contribution in [2.24, 2.45) is 5.92 Å². The van der Waals surface area contributed by atoms with Crippen LogP contribution in [0.2, 0.25) is 0 Å². The fourth-order valence-corrected chi connectivity index (χ4v) is 4.37. The molecule has 3 aromatic rings. The summed E-state index contributed by atoms with van der Waals surface area (Å²) in [4.78, 5) is 34.2. The molecular formula is C25H31F3N4O3. The van der Waals surface area contributed by atoms with E-state index < -0.39 is 6.86 Å². The van der Waals surface area contributed by atoms with Gasteiger partial charge in [0.2, 0.25) is 6.86 Å². The van der Waals surface area contributed by atoms with E-state index in [4.69, 9.17) is 4.74 Å². The standard InChI is InChI=1S/C25H29FN4O3.2FH/c26-17-33-23-7-2-1-6-20(23)25(32)30-13-9-18(10-14-30)5-3-4-11-28-24(31)22-15-19-16-27-12-8-21(19)29-22;;/h1-2,6-8,12,15-16,18,29H,3-5,9-11,13-14,17H2,(H,28,31);2*1H. The zero-order chi connectivity index (χ0) is 23.0. The lowest BCUT2D eigenvalue weighted by atomic mass is 9.91. The molecule has 0 radical (unpaired) electrons. The lowest BCUT2D eigenvalue weighted by Crippen LogP contribution is -2.38. The summed E-state index contributed by atoms with van der Waals surface area (Å²) < 4.78 is 17.5. The van der Waals surface area contributed by atoms with E-state index in [-0.39, 0.29) is 21.2 Å². The van der Waals surface area contributed by atoms with Gasteiger partial charge in [0.15, 0.2) is 0 Å². The molecule has 2 aromatic heterocycles. The van der Waals surface area contributed by atoms with Gasteiger partial charge < -0.3 is 19.9 Å². The first-order valence-electron chi connectivity index (χ1n) is 11.4. The number of para-hydroxylation sites is 1. The van der Waals surface area contributed by atoms with Crippen molar-refractivity contribution in [2.45, 2.75) is 32.1 Å². The molecule has 10 heteroatoms. The number of unbranched alkanes of at least 4 members (excludes halogenated alkanes) is 1. The number of benzene rings is 1. The Morgan fingerprint density at radius 3 is 2.66 bits per heavy atom. The third kappa shape index (κ3) is 6.97. The number of rotatable bonds is 9. The fraction of sp³-hybridized carbons (Fsp3) is 0.400. The summed E-state index contributed by atoms with van der Waals surface area (Å²) in [5.74, 6) is 0.657. The number of nitrogens with one attached hydrogen (secondary N) is 2. The summed E-state index contributed by atoms with van der Waals surface area (Å²) in [5, 5.41) is 3.89. The van der Waals surface area contributed by atoms with Crippen LogP contribution in [0.3, 0.4) is 0 Å². The number of pyridine rings is 1. The van der Waals surface area contributed by atoms with Crippen LogP contribution in [-0.2, 0) is 0 Å². The maximum Gasteiger partial charge on any atom is 0.267 e. The molecule has 35 heavy (non-hydrogen) atoms. The normalized spacial score (nSPS) is 13.6. The highest BCUT2D eigenvalue weighted by Crippen LogP contribution is 2.26. The van der Waals surface area contributed by atoms with Crippen LogP contribution in [-0.4, -0.2) is 53.2 Å². The number of likely N-dealkylation sites (tertiary alicyclic amines) is 1. The van der Waals surface area contributed by atoms with E-state index in [9.17, 15) is 14.0 Å². The van der Waals surface area contributed by atoms with Gasteiger partial charge >= 0.3 is 0 Å². The molecule has 190 valence electrons. The molecule has 2 amide bonds. The van der Waals surface area contributed by atoms with Crippen molar-refractivity contribution in [3.05, 3.63) is 60.0 Å². The summed E-state index contributed by atoms with van der Waals surface area (Å²) in [6.45, 7) is 1.07. The van der Waals surface area contributed by atoms with Crippen LogP contribution >= 0.6 is 0 Å². The molecule has 0 unspecified atom stereocenters. The van der Waals surface area contributed by atoms with Gasteiger partial charge in [0, 0.05) is 42.9 Å². The van der Waals surface area contributed by atoms with E-state index in [0.717, 1.165) is 43.0 Å². The average molecular weight is 493 g/mol. The summed E-state index contributed by atoms with van der Waals surface area (Å²) in [7, 11) is 0. The Kier molecular flexibility index (Phi) is 10.6. The maximum atomic E-state index is 12.8. The third-order valence-corrected chi connectivity index (χ3v) is 6.22. The first kappa shape index (κ1) is 27.7. The van der Waals surface area contributed by atoms with Gasteiger partial charge in [-0.15, -0.1) is 0 Å². The number of aromatic amines is 1. The maximum absolute atomic E-state index is 12.8. The lowest BCUT2D eigenvalue weighted by Gasteiger charge is -2.32. The minimum atomic E-state index is -0.952. The quantitative estimate of drug-likeness (QED) is 0.427. The topological polar surface area (TPSA) is 87.3 Å². The fourth-order valence-electron chi connectivity index (χ4n) is 4.37. The van der Waals surface area contributed by atoms with Gasteiger partial charge in [-0.1, -0.05) is 25.0 Å². The van der Waals surface area contributed by atoms with Crippen molar-refractivity contribution in [3.8, 4) is 5.75 Å². The van der Waals surface area contributed by atoms with Crippen LogP contribution in [0.25, 0.3) is 10.9 Å². The molecule has 1 aliphatic rings. The van der Waals surface area contributed by atoms with E-state index in [2.05, 4.69) is 15.3 Å². The summed E-state index contributed by atoms with van der Waals surface area (Å²) in [5.41, 5.74) is 1.86. The number of ether oxygens (including phenoxy) is 1. The van der Waals surface area contributed by atoms with Crippen LogP contribution in [0.1, 0.15) is 53.0 Å². The van der Waals surface area contributed by atoms with Crippen molar-refractivity contribution in [1.82, 2.24) is 20.2 Å². The summed E-state index contributed by atoms with van der Waals surface area (Å²) >= 11 is 0. The predicted molar refractivity (Wildman–Crippen MR) is 129 cm³/mol. The van der Waals surface area contributed by atoms with E-state index in [0.29, 0.717) is 42.6 Å². The number of nitrogens with zero attached hydrogens (tertiary/aromatic N) is 2. The van der Waals surface area contributed by atoms with Crippen molar-refractivity contribution in [1.29, 1.82) is 0 Å². The van der Waals surface area contributed by atoms with Crippen LogP contribution < -0.4 is 10.1 Å². The summed E-state index contributed by atoms with van der Waals surface area (Å²) in [6.07, 6.45) is 8.36. The van der Waals surface area contributed by atoms with Crippen molar-refractivity contribution in [2.75, 3.05) is 26.5 Å². The van der Waals surface area contributed by atoms with Crippen molar-refractivity contribution in [3.63, 3.8) is 0 Å². The van der Waals surface area contributed by atoms with Gasteiger partial charge in [0.25, 0.3) is 11.8 Å². The molecule has 1 aliphatic heterocycles. The molecule has 7 nitrogen and oxygen atoms in total. The number of carbonyl (C=O) groups excluding carboxylic acids is 2.